The van der Waals surface area contributed by atoms with Crippen LogP contribution >= 0.6 is 11.6 Å². The van der Waals surface area contributed by atoms with Gasteiger partial charge in [0.1, 0.15) is 28.8 Å². The molecule has 2 aliphatic heterocycles. The van der Waals surface area contributed by atoms with Crippen LogP contribution in [0, 0.1) is 0 Å². The molecule has 2 fully saturated rings. The van der Waals surface area contributed by atoms with E-state index in [-0.39, 0.29) is 22.7 Å². The van der Waals surface area contributed by atoms with Gasteiger partial charge in [-0.25, -0.2) is 14.6 Å². The second-order valence-corrected chi connectivity index (χ2v) is 18.6. The average Bonchev–Trinajstić information content (AvgIpc) is 3.44. The maximum atomic E-state index is 14.0. The number of ether oxygens (including phenoxy) is 4. The first-order valence-electron chi connectivity index (χ1n) is 13.6. The zero-order chi connectivity index (χ0) is 30.7. The standard InChI is InChI=1S/C27H42ClN5O7Si/c1-25(2,3)40-24(35)33-15(13-37-41(10,11)26(4,5)6)19-20(39-27(7,8)38-19)18(33)14-12-29-17-16(14)30-22(31-21(17)28)32-23(34)36-9/h12,15,18-20,29H,13H2,1-11H3,(H,30,31,32,34)/t15-,18+,19-,20+/m1/s1. The van der Waals surface area contributed by atoms with Crippen LogP contribution in [0.2, 0.25) is 23.3 Å². The molecule has 0 unspecified atom stereocenters. The van der Waals surface area contributed by atoms with Crippen LogP contribution in [0.5, 0.6) is 0 Å². The number of aromatic nitrogens is 3. The molecule has 2 amide bonds. The Kier molecular flexibility index (Phi) is 8.20. The molecule has 14 heteroatoms. The number of rotatable bonds is 5. The van der Waals surface area contributed by atoms with Crippen molar-refractivity contribution in [3.05, 3.63) is 16.9 Å². The van der Waals surface area contributed by atoms with Crippen LogP contribution in [-0.2, 0) is 23.4 Å². The van der Waals surface area contributed by atoms with Gasteiger partial charge < -0.3 is 28.4 Å². The summed E-state index contributed by atoms with van der Waals surface area (Å²) in [7, 11) is -0.965. The van der Waals surface area contributed by atoms with E-state index in [4.69, 9.17) is 30.2 Å². The highest BCUT2D eigenvalue weighted by Gasteiger charge is 2.61. The topological polar surface area (TPSA) is 137 Å². The van der Waals surface area contributed by atoms with Crippen molar-refractivity contribution in [1.82, 2.24) is 19.9 Å². The summed E-state index contributed by atoms with van der Waals surface area (Å²) in [5.74, 6) is -0.950. The molecule has 0 aliphatic carbocycles. The van der Waals surface area contributed by atoms with E-state index in [1.165, 1.54) is 7.11 Å². The molecule has 0 saturated carbocycles. The normalized spacial score (nSPS) is 24.4. The van der Waals surface area contributed by atoms with E-state index in [2.05, 4.69) is 58.9 Å². The van der Waals surface area contributed by atoms with Crippen molar-refractivity contribution in [2.75, 3.05) is 19.0 Å². The Bertz CT molecular complexity index is 1320. The lowest BCUT2D eigenvalue weighted by atomic mass is 10.0. The summed E-state index contributed by atoms with van der Waals surface area (Å²) in [5, 5.41) is 2.51. The van der Waals surface area contributed by atoms with Crippen LogP contribution in [0.25, 0.3) is 11.0 Å². The number of aromatic amines is 1. The van der Waals surface area contributed by atoms with Gasteiger partial charge in [0.15, 0.2) is 19.3 Å². The van der Waals surface area contributed by atoms with Crippen LogP contribution in [-0.4, -0.2) is 83.7 Å². The summed E-state index contributed by atoms with van der Waals surface area (Å²) < 4.78 is 30.1. The van der Waals surface area contributed by atoms with Crippen molar-refractivity contribution in [2.45, 2.75) is 109 Å². The monoisotopic (exact) mass is 611 g/mol. The number of fused-ring (bicyclic) bond motifs is 2. The van der Waals surface area contributed by atoms with Crippen LogP contribution in [0.1, 0.15) is 67.0 Å². The molecule has 2 aromatic heterocycles. The fourth-order valence-corrected chi connectivity index (χ4v) is 6.11. The van der Waals surface area contributed by atoms with E-state index in [0.717, 1.165) is 0 Å². The van der Waals surface area contributed by atoms with E-state index < -0.39 is 56.2 Å². The van der Waals surface area contributed by atoms with Gasteiger partial charge in [-0.3, -0.25) is 10.2 Å². The number of amides is 2. The largest absolute Gasteiger partial charge is 0.453 e. The highest BCUT2D eigenvalue weighted by atomic mass is 35.5. The third-order valence-corrected chi connectivity index (χ3v) is 12.5. The van der Waals surface area contributed by atoms with Crippen LogP contribution < -0.4 is 5.32 Å². The summed E-state index contributed by atoms with van der Waals surface area (Å²) in [6.45, 7) is 20.2. The quantitative estimate of drug-likeness (QED) is 0.308. The Hall–Kier alpha value is -2.45. The Labute approximate surface area is 246 Å². The van der Waals surface area contributed by atoms with Gasteiger partial charge in [-0.05, 0) is 52.8 Å². The highest BCUT2D eigenvalue weighted by Crippen LogP contribution is 2.50. The van der Waals surface area contributed by atoms with Gasteiger partial charge in [0.05, 0.1) is 25.8 Å². The number of hydrogen-bond donors (Lipinski definition) is 2. The van der Waals surface area contributed by atoms with E-state index in [9.17, 15) is 9.59 Å². The van der Waals surface area contributed by atoms with Gasteiger partial charge in [-0.2, -0.15) is 4.98 Å². The lowest BCUT2D eigenvalue weighted by Gasteiger charge is -2.39. The van der Waals surface area contributed by atoms with E-state index in [1.807, 2.05) is 34.6 Å². The Balaban J connectivity index is 1.85. The number of H-pyrrole nitrogens is 1. The fraction of sp³-hybridized carbons (Fsp3) is 0.704. The van der Waals surface area contributed by atoms with Crippen LogP contribution in [0.3, 0.4) is 0 Å². The summed E-state index contributed by atoms with van der Waals surface area (Å²) in [6, 6.07) is -1.21. The number of nitrogens with one attached hydrogen (secondary N) is 2. The molecule has 2 saturated heterocycles. The molecule has 4 atom stereocenters. The van der Waals surface area contributed by atoms with Gasteiger partial charge in [0.2, 0.25) is 5.95 Å². The van der Waals surface area contributed by atoms with Crippen molar-refractivity contribution >= 4 is 49.1 Å². The Morgan fingerprint density at radius 2 is 1.78 bits per heavy atom. The van der Waals surface area contributed by atoms with Crippen molar-refractivity contribution < 1.29 is 33.0 Å². The summed E-state index contributed by atoms with van der Waals surface area (Å²) in [6.07, 6.45) is -0.644. The lowest BCUT2D eigenvalue weighted by Crippen LogP contribution is -2.50. The van der Waals surface area contributed by atoms with Gasteiger partial charge in [-0.1, -0.05) is 32.4 Å². The number of halogens is 1. The predicted octanol–water partition coefficient (Wildman–Crippen LogP) is 5.99. The number of carbonyl (C=O) groups excluding carboxylic acids is 2. The molecule has 0 bridgehead atoms. The van der Waals surface area contributed by atoms with Gasteiger partial charge >= 0.3 is 12.2 Å². The molecule has 0 spiro atoms. The number of likely N-dealkylation sites (tertiary alicyclic amines) is 1. The smallest absolute Gasteiger partial charge is 0.413 e. The van der Waals surface area contributed by atoms with Crippen molar-refractivity contribution in [2.24, 2.45) is 0 Å². The molecular weight excluding hydrogens is 570 g/mol. The predicted molar refractivity (Wildman–Crippen MR) is 157 cm³/mol. The summed E-state index contributed by atoms with van der Waals surface area (Å²) in [5.41, 5.74) is 0.702. The van der Waals surface area contributed by atoms with Gasteiger partial charge in [0.25, 0.3) is 0 Å². The maximum Gasteiger partial charge on any atom is 0.413 e. The number of methoxy groups -OCH3 is 1. The molecule has 0 aromatic carbocycles. The van der Waals surface area contributed by atoms with Crippen molar-refractivity contribution in [3.8, 4) is 0 Å². The maximum absolute atomic E-state index is 14.0. The van der Waals surface area contributed by atoms with Crippen LogP contribution in [0.15, 0.2) is 6.20 Å². The molecule has 2 aromatic rings. The summed E-state index contributed by atoms with van der Waals surface area (Å²) in [4.78, 5) is 39.3. The van der Waals surface area contributed by atoms with E-state index >= 15 is 0 Å². The van der Waals surface area contributed by atoms with Gasteiger partial charge in [0, 0.05) is 11.8 Å². The molecule has 4 rings (SSSR count). The van der Waals surface area contributed by atoms with Crippen molar-refractivity contribution in [1.29, 1.82) is 0 Å². The average molecular weight is 612 g/mol. The number of hydrogen-bond acceptors (Lipinski definition) is 9. The van der Waals surface area contributed by atoms with E-state index in [0.29, 0.717) is 16.6 Å². The zero-order valence-electron chi connectivity index (χ0n) is 25.7. The number of anilines is 1. The third-order valence-electron chi connectivity index (χ3n) is 7.76. The molecule has 41 heavy (non-hydrogen) atoms. The molecule has 228 valence electrons. The molecule has 0 radical (unpaired) electrons. The fourth-order valence-electron chi connectivity index (χ4n) is 4.87. The lowest BCUT2D eigenvalue weighted by molar-refractivity contribution is -0.168. The van der Waals surface area contributed by atoms with Crippen LogP contribution in [0.4, 0.5) is 15.5 Å². The highest BCUT2D eigenvalue weighted by molar-refractivity contribution is 6.74. The number of nitrogens with zero attached hydrogens (tertiary/aromatic N) is 3. The van der Waals surface area contributed by atoms with Crippen molar-refractivity contribution in [3.63, 3.8) is 0 Å². The number of carbonyl (C=O) groups is 2. The second kappa shape index (κ2) is 10.7. The zero-order valence-corrected chi connectivity index (χ0v) is 27.4. The molecule has 2 N–H and O–H groups in total. The summed E-state index contributed by atoms with van der Waals surface area (Å²) >= 11 is 6.47. The minimum absolute atomic E-state index is 0.0407. The molecule has 4 heterocycles. The minimum atomic E-state index is -2.20. The van der Waals surface area contributed by atoms with Gasteiger partial charge in [-0.15, -0.1) is 0 Å². The first-order valence-corrected chi connectivity index (χ1v) is 16.9. The minimum Gasteiger partial charge on any atom is -0.453 e. The molecular formula is C27H42ClN5O7Si. The Morgan fingerprint density at radius 3 is 2.37 bits per heavy atom. The first-order chi connectivity index (χ1) is 18.7. The second-order valence-electron chi connectivity index (χ2n) is 13.5. The molecule has 12 nitrogen and oxygen atoms in total. The first kappa shape index (κ1) is 31.5. The Morgan fingerprint density at radius 1 is 1.15 bits per heavy atom. The SMILES string of the molecule is COC(=O)Nc1nc(Cl)c2[nH]cc([C@H]3[C@@H]4OC(C)(C)O[C@@H]4[C@@H](CO[Si](C)(C)C(C)(C)C)N3C(=O)OC(C)(C)C)c2n1. The molecule has 2 aliphatic rings. The van der Waals surface area contributed by atoms with E-state index in [1.54, 1.807) is 11.1 Å². The third kappa shape index (κ3) is 6.33.